The van der Waals surface area contributed by atoms with E-state index in [1.165, 1.54) is 33.8 Å². The number of fused-ring (bicyclic) bond motifs is 1. The molecule has 1 heterocycles. The van der Waals surface area contributed by atoms with E-state index in [1.54, 1.807) is 0 Å². The van der Waals surface area contributed by atoms with Crippen LogP contribution in [0.3, 0.4) is 0 Å². The molecule has 3 aliphatic rings. The van der Waals surface area contributed by atoms with Crippen molar-refractivity contribution < 1.29 is 0 Å². The molecule has 0 amide bonds. The summed E-state index contributed by atoms with van der Waals surface area (Å²) in [6.07, 6.45) is 8.61. The minimum Gasteiger partial charge on any atom is -0.375 e. The molecule has 3 heteroatoms. The van der Waals surface area contributed by atoms with Gasteiger partial charge in [0.2, 0.25) is 0 Å². The highest BCUT2D eigenvalue weighted by Crippen LogP contribution is 2.49. The van der Waals surface area contributed by atoms with Gasteiger partial charge >= 0.3 is 0 Å². The number of rotatable bonds is 5. The smallest absolute Gasteiger partial charge is 0.0700 e. The lowest BCUT2D eigenvalue weighted by Gasteiger charge is -2.45. The van der Waals surface area contributed by atoms with Crippen molar-refractivity contribution in [1.82, 2.24) is 15.5 Å². The van der Waals surface area contributed by atoms with Crippen molar-refractivity contribution in [3.63, 3.8) is 0 Å². The monoisotopic (exact) mass is 385 g/mol. The van der Waals surface area contributed by atoms with Crippen LogP contribution in [0.25, 0.3) is 0 Å². The number of hydrogen-bond donors (Lipinski definition) is 2. The van der Waals surface area contributed by atoms with Gasteiger partial charge in [0.15, 0.2) is 0 Å². The van der Waals surface area contributed by atoms with Crippen LogP contribution in [0, 0.1) is 5.41 Å². The molecular weight excluding hydrogens is 354 g/mol. The van der Waals surface area contributed by atoms with Gasteiger partial charge in [-0.2, -0.15) is 0 Å². The summed E-state index contributed by atoms with van der Waals surface area (Å²) in [7, 11) is 2.06. The van der Waals surface area contributed by atoms with Crippen molar-refractivity contribution in [2.24, 2.45) is 5.41 Å². The molecule has 1 aliphatic heterocycles. The molecule has 1 unspecified atom stereocenters. The van der Waals surface area contributed by atoms with Gasteiger partial charge in [-0.1, -0.05) is 69.5 Å². The van der Waals surface area contributed by atoms with Gasteiger partial charge in [0.25, 0.3) is 0 Å². The Morgan fingerprint density at radius 3 is 2.66 bits per heavy atom. The zero-order chi connectivity index (χ0) is 20.8. The predicted octanol–water partition coefficient (Wildman–Crippen LogP) is 5.68. The third-order valence-corrected chi connectivity index (χ3v) is 6.35. The van der Waals surface area contributed by atoms with Gasteiger partial charge in [-0.3, -0.25) is 0 Å². The molecule has 0 saturated carbocycles. The van der Waals surface area contributed by atoms with Crippen LogP contribution in [0.15, 0.2) is 101 Å². The highest BCUT2D eigenvalue weighted by atomic mass is 15.1. The summed E-state index contributed by atoms with van der Waals surface area (Å²) in [6.45, 7) is 15.0. The third-order valence-electron chi connectivity index (χ3n) is 6.35. The minimum atomic E-state index is 0.00836. The minimum absolute atomic E-state index is 0.00836. The highest BCUT2D eigenvalue weighted by molar-refractivity contribution is 5.70. The summed E-state index contributed by atoms with van der Waals surface area (Å²) in [5.74, 6) is 0. The molecule has 150 valence electrons. The van der Waals surface area contributed by atoms with Gasteiger partial charge in [-0.05, 0) is 37.1 Å². The van der Waals surface area contributed by atoms with Gasteiger partial charge in [0.1, 0.15) is 0 Å². The zero-order valence-corrected chi connectivity index (χ0v) is 18.0. The fourth-order valence-electron chi connectivity index (χ4n) is 4.58. The van der Waals surface area contributed by atoms with Gasteiger partial charge in [0.05, 0.1) is 17.4 Å². The van der Waals surface area contributed by atoms with Crippen molar-refractivity contribution in [3.8, 4) is 0 Å². The fraction of sp³-hybridized carbons (Fsp3) is 0.308. The van der Waals surface area contributed by atoms with Crippen molar-refractivity contribution in [1.29, 1.82) is 0 Å². The summed E-state index contributed by atoms with van der Waals surface area (Å²) in [5, 5.41) is 7.49. The first-order valence-electron chi connectivity index (χ1n) is 10.3. The quantitative estimate of drug-likeness (QED) is 0.683. The molecule has 4 rings (SSSR count). The SMILES string of the molecule is C=CN(C)C1=C(C)C(NC2=C3NC(c4ccccc4)C(C)(C)C=C3C2=C)=CCC1. The first kappa shape index (κ1) is 19.4. The normalized spacial score (nSPS) is 22.8. The molecule has 1 aromatic rings. The van der Waals surface area contributed by atoms with Crippen LogP contribution in [-0.2, 0) is 0 Å². The third kappa shape index (κ3) is 3.25. The largest absolute Gasteiger partial charge is 0.375 e. The second kappa shape index (κ2) is 7.14. The fourth-order valence-corrected chi connectivity index (χ4v) is 4.58. The summed E-state index contributed by atoms with van der Waals surface area (Å²) in [6, 6.07) is 10.9. The van der Waals surface area contributed by atoms with E-state index >= 15 is 0 Å². The second-order valence-corrected chi connectivity index (χ2v) is 8.74. The van der Waals surface area contributed by atoms with Crippen LogP contribution in [0.1, 0.15) is 45.2 Å². The van der Waals surface area contributed by atoms with E-state index in [4.69, 9.17) is 0 Å². The summed E-state index contributed by atoms with van der Waals surface area (Å²) >= 11 is 0. The zero-order valence-electron chi connectivity index (χ0n) is 18.0. The Hall–Kier alpha value is -2.94. The number of nitrogens with zero attached hydrogens (tertiary/aromatic N) is 1. The Kier molecular flexibility index (Phi) is 4.77. The summed E-state index contributed by atoms with van der Waals surface area (Å²) in [4.78, 5) is 2.12. The highest BCUT2D eigenvalue weighted by Gasteiger charge is 2.41. The number of hydrogen-bond acceptors (Lipinski definition) is 3. The lowest BCUT2D eigenvalue weighted by Crippen LogP contribution is -2.43. The molecule has 2 N–H and O–H groups in total. The molecule has 0 radical (unpaired) electrons. The van der Waals surface area contributed by atoms with Crippen LogP contribution in [-0.4, -0.2) is 11.9 Å². The Morgan fingerprint density at radius 1 is 1.24 bits per heavy atom. The molecular formula is C26H31N3. The van der Waals surface area contributed by atoms with Crippen LogP contribution in [0.2, 0.25) is 0 Å². The molecule has 0 saturated heterocycles. The second-order valence-electron chi connectivity index (χ2n) is 8.74. The van der Waals surface area contributed by atoms with Crippen LogP contribution in [0.4, 0.5) is 0 Å². The topological polar surface area (TPSA) is 27.3 Å². The lowest BCUT2D eigenvalue weighted by molar-refractivity contribution is 0.317. The molecule has 0 fully saturated rings. The van der Waals surface area contributed by atoms with Crippen molar-refractivity contribution in [2.75, 3.05) is 7.05 Å². The van der Waals surface area contributed by atoms with Crippen molar-refractivity contribution in [2.45, 2.75) is 39.7 Å². The van der Waals surface area contributed by atoms with Crippen molar-refractivity contribution >= 4 is 0 Å². The lowest BCUT2D eigenvalue weighted by atomic mass is 9.71. The molecule has 3 nitrogen and oxygen atoms in total. The Morgan fingerprint density at radius 2 is 1.97 bits per heavy atom. The predicted molar refractivity (Wildman–Crippen MR) is 121 cm³/mol. The number of allylic oxidation sites excluding steroid dienone is 5. The Labute approximate surface area is 174 Å². The van der Waals surface area contributed by atoms with E-state index < -0.39 is 0 Å². The van der Waals surface area contributed by atoms with Crippen LogP contribution < -0.4 is 10.6 Å². The van der Waals surface area contributed by atoms with Gasteiger partial charge in [-0.15, -0.1) is 0 Å². The molecule has 0 spiro atoms. The standard InChI is InChI=1S/C26H31N3/c1-7-29(6)22-15-11-14-21(18(22)3)27-23-17(2)20-16-26(4,5)25(28-24(20)23)19-12-9-8-10-13-19/h7-10,12-14,16,25,27-28H,1-2,11,15H2,3-6H3. The average Bonchev–Trinajstić information content (AvgIpc) is 2.72. The maximum absolute atomic E-state index is 4.35. The molecule has 29 heavy (non-hydrogen) atoms. The van der Waals surface area contributed by atoms with Crippen LogP contribution >= 0.6 is 0 Å². The van der Waals surface area contributed by atoms with Crippen LogP contribution in [0.5, 0.6) is 0 Å². The number of nitrogens with one attached hydrogen (secondary N) is 2. The Bertz CT molecular complexity index is 986. The maximum atomic E-state index is 4.35. The molecule has 0 bridgehead atoms. The van der Waals surface area contributed by atoms with E-state index in [-0.39, 0.29) is 11.5 Å². The first-order valence-corrected chi connectivity index (χ1v) is 10.3. The van der Waals surface area contributed by atoms with Gasteiger partial charge in [-0.25, -0.2) is 0 Å². The molecule has 0 aromatic heterocycles. The molecule has 1 aromatic carbocycles. The van der Waals surface area contributed by atoms with E-state index in [0.717, 1.165) is 24.1 Å². The van der Waals surface area contributed by atoms with Crippen molar-refractivity contribution in [3.05, 3.63) is 107 Å². The Balaban J connectivity index is 1.66. The first-order chi connectivity index (χ1) is 13.8. The van der Waals surface area contributed by atoms with Gasteiger partial charge < -0.3 is 15.5 Å². The number of benzene rings is 1. The van der Waals surface area contributed by atoms with E-state index in [2.05, 4.69) is 99.0 Å². The molecule has 1 atom stereocenters. The van der Waals surface area contributed by atoms with E-state index in [9.17, 15) is 0 Å². The maximum Gasteiger partial charge on any atom is 0.0700 e. The van der Waals surface area contributed by atoms with E-state index in [1.807, 2.05) is 6.20 Å². The van der Waals surface area contributed by atoms with Gasteiger partial charge in [0, 0.05) is 35.0 Å². The average molecular weight is 386 g/mol. The molecule has 2 aliphatic carbocycles. The van der Waals surface area contributed by atoms with E-state index in [0.29, 0.717) is 0 Å². The summed E-state index contributed by atoms with van der Waals surface area (Å²) < 4.78 is 0. The summed E-state index contributed by atoms with van der Waals surface area (Å²) in [5.41, 5.74) is 9.70.